The molecule has 0 aliphatic carbocycles. The Morgan fingerprint density at radius 3 is 2.30 bits per heavy atom. The third kappa shape index (κ3) is 3.57. The van der Waals surface area contributed by atoms with Crippen molar-refractivity contribution < 1.29 is 9.13 Å². The first-order valence-electron chi connectivity index (χ1n) is 7.60. The predicted octanol–water partition coefficient (Wildman–Crippen LogP) is 2.12. The number of hydrogen-bond donors (Lipinski definition) is 0. The van der Waals surface area contributed by atoms with Gasteiger partial charge < -0.3 is 4.74 Å². The maximum atomic E-state index is 12.9. The molecule has 0 N–H and O–H groups in total. The number of rotatable bonds is 3. The van der Waals surface area contributed by atoms with Crippen molar-refractivity contribution in [2.24, 2.45) is 0 Å². The molecule has 2 heterocycles. The highest BCUT2D eigenvalue weighted by atomic mass is 19.1. The molecule has 0 radical (unpaired) electrons. The van der Waals surface area contributed by atoms with E-state index < -0.39 is 0 Å². The summed E-state index contributed by atoms with van der Waals surface area (Å²) in [6.45, 7) is 7.27. The second-order valence-electron chi connectivity index (χ2n) is 5.78. The molecule has 0 spiro atoms. The molecule has 3 nitrogen and oxygen atoms in total. The van der Waals surface area contributed by atoms with Gasteiger partial charge in [-0.1, -0.05) is 12.1 Å². The van der Waals surface area contributed by atoms with E-state index in [2.05, 4.69) is 9.80 Å². The molecule has 1 aromatic carbocycles. The molecule has 0 amide bonds. The van der Waals surface area contributed by atoms with E-state index in [0.717, 1.165) is 52.0 Å². The Bertz CT molecular complexity index is 409. The second kappa shape index (κ2) is 6.66. The Balaban J connectivity index is 1.47. The smallest absolute Gasteiger partial charge is 0.123 e. The lowest BCUT2D eigenvalue weighted by molar-refractivity contribution is 0.0126. The first kappa shape index (κ1) is 14.0. The van der Waals surface area contributed by atoms with E-state index in [9.17, 15) is 4.39 Å². The van der Waals surface area contributed by atoms with E-state index in [1.54, 1.807) is 12.1 Å². The van der Waals surface area contributed by atoms with E-state index in [1.165, 1.54) is 18.4 Å². The van der Waals surface area contributed by atoms with Crippen LogP contribution in [0.5, 0.6) is 0 Å². The first-order valence-corrected chi connectivity index (χ1v) is 7.60. The number of nitrogens with zero attached hydrogens (tertiary/aromatic N) is 2. The van der Waals surface area contributed by atoms with Crippen molar-refractivity contribution in [3.8, 4) is 0 Å². The molecular weight excluding hydrogens is 255 g/mol. The lowest BCUT2D eigenvalue weighted by atomic mass is 10.1. The maximum Gasteiger partial charge on any atom is 0.123 e. The fourth-order valence-electron chi connectivity index (χ4n) is 3.18. The monoisotopic (exact) mass is 278 g/mol. The second-order valence-corrected chi connectivity index (χ2v) is 5.78. The lowest BCUT2D eigenvalue weighted by Gasteiger charge is -2.40. The molecule has 0 bridgehead atoms. The van der Waals surface area contributed by atoms with E-state index >= 15 is 0 Å². The van der Waals surface area contributed by atoms with Gasteiger partial charge in [-0.25, -0.2) is 4.39 Å². The fraction of sp³-hybridized carbons (Fsp3) is 0.625. The van der Waals surface area contributed by atoms with Gasteiger partial charge in [0.05, 0.1) is 0 Å². The zero-order valence-electron chi connectivity index (χ0n) is 11.9. The molecule has 0 saturated carbocycles. The summed E-state index contributed by atoms with van der Waals surface area (Å²) in [5, 5.41) is 0. The Labute approximate surface area is 120 Å². The third-order valence-electron chi connectivity index (χ3n) is 4.43. The van der Waals surface area contributed by atoms with Gasteiger partial charge >= 0.3 is 0 Å². The summed E-state index contributed by atoms with van der Waals surface area (Å²) in [7, 11) is 0. The predicted molar refractivity (Wildman–Crippen MR) is 77.1 cm³/mol. The average molecular weight is 278 g/mol. The average Bonchev–Trinajstić information content (AvgIpc) is 2.51. The van der Waals surface area contributed by atoms with Gasteiger partial charge in [0.15, 0.2) is 0 Å². The molecule has 2 aliphatic heterocycles. The molecular formula is C16H23FN2O. The minimum absolute atomic E-state index is 0.155. The summed E-state index contributed by atoms with van der Waals surface area (Å²) < 4.78 is 18.3. The largest absolute Gasteiger partial charge is 0.381 e. The number of benzene rings is 1. The summed E-state index contributed by atoms with van der Waals surface area (Å²) in [6.07, 6.45) is 2.36. The van der Waals surface area contributed by atoms with Crippen LogP contribution in [0.25, 0.3) is 0 Å². The molecule has 4 heteroatoms. The summed E-state index contributed by atoms with van der Waals surface area (Å²) in [5.74, 6) is -0.155. The molecule has 2 fully saturated rings. The van der Waals surface area contributed by atoms with Gasteiger partial charge in [-0.3, -0.25) is 9.80 Å². The maximum absolute atomic E-state index is 12.9. The molecule has 0 unspecified atom stereocenters. The number of ether oxygens (including phenoxy) is 1. The van der Waals surface area contributed by atoms with Crippen LogP contribution in [-0.2, 0) is 11.3 Å². The van der Waals surface area contributed by atoms with E-state index in [1.807, 2.05) is 12.1 Å². The molecule has 0 aromatic heterocycles. The van der Waals surface area contributed by atoms with Crippen LogP contribution in [0.2, 0.25) is 0 Å². The van der Waals surface area contributed by atoms with E-state index in [-0.39, 0.29) is 5.82 Å². The topological polar surface area (TPSA) is 15.7 Å². The Hall–Kier alpha value is -0.970. The summed E-state index contributed by atoms with van der Waals surface area (Å²) in [5.41, 5.74) is 1.20. The van der Waals surface area contributed by atoms with Crippen LogP contribution in [0.15, 0.2) is 24.3 Å². The van der Waals surface area contributed by atoms with Gasteiger partial charge in [0.25, 0.3) is 0 Å². The van der Waals surface area contributed by atoms with Gasteiger partial charge in [-0.2, -0.15) is 0 Å². The molecule has 20 heavy (non-hydrogen) atoms. The molecule has 1 aromatic rings. The van der Waals surface area contributed by atoms with Crippen molar-refractivity contribution in [1.82, 2.24) is 9.80 Å². The molecule has 3 rings (SSSR count). The number of piperazine rings is 1. The van der Waals surface area contributed by atoms with Crippen molar-refractivity contribution >= 4 is 0 Å². The normalized spacial score (nSPS) is 23.1. The zero-order chi connectivity index (χ0) is 13.8. The van der Waals surface area contributed by atoms with Crippen molar-refractivity contribution in [3.63, 3.8) is 0 Å². The minimum atomic E-state index is -0.155. The molecule has 0 atom stereocenters. The van der Waals surface area contributed by atoms with Crippen LogP contribution in [0.3, 0.4) is 0 Å². The lowest BCUT2D eigenvalue weighted by Crippen LogP contribution is -2.51. The highest BCUT2D eigenvalue weighted by molar-refractivity contribution is 5.15. The minimum Gasteiger partial charge on any atom is -0.381 e. The van der Waals surface area contributed by atoms with Crippen molar-refractivity contribution in [1.29, 1.82) is 0 Å². The third-order valence-corrected chi connectivity index (χ3v) is 4.43. The zero-order valence-corrected chi connectivity index (χ0v) is 11.9. The summed E-state index contributed by atoms with van der Waals surface area (Å²) in [6, 6.07) is 7.60. The SMILES string of the molecule is Fc1ccc(CN2CCN(C3CCOCC3)CC2)cc1. The van der Waals surface area contributed by atoms with Crippen molar-refractivity contribution in [3.05, 3.63) is 35.6 Å². The molecule has 2 saturated heterocycles. The summed E-state index contributed by atoms with van der Waals surface area (Å²) >= 11 is 0. The highest BCUT2D eigenvalue weighted by Crippen LogP contribution is 2.17. The first-order chi connectivity index (χ1) is 9.81. The van der Waals surface area contributed by atoms with E-state index in [0.29, 0.717) is 0 Å². The Morgan fingerprint density at radius 2 is 1.65 bits per heavy atom. The van der Waals surface area contributed by atoms with Gasteiger partial charge in [-0.05, 0) is 30.5 Å². The Kier molecular flexibility index (Phi) is 4.65. The molecule has 110 valence electrons. The van der Waals surface area contributed by atoms with Crippen molar-refractivity contribution in [2.45, 2.75) is 25.4 Å². The van der Waals surface area contributed by atoms with Crippen LogP contribution in [-0.4, -0.2) is 55.2 Å². The number of hydrogen-bond acceptors (Lipinski definition) is 3. The van der Waals surface area contributed by atoms with E-state index in [4.69, 9.17) is 4.74 Å². The summed E-state index contributed by atoms with van der Waals surface area (Å²) in [4.78, 5) is 5.08. The van der Waals surface area contributed by atoms with Gasteiger partial charge in [0.1, 0.15) is 5.82 Å². The van der Waals surface area contributed by atoms with Crippen LogP contribution in [0, 0.1) is 5.82 Å². The Morgan fingerprint density at radius 1 is 1.00 bits per heavy atom. The van der Waals surface area contributed by atoms with Gasteiger partial charge in [-0.15, -0.1) is 0 Å². The highest BCUT2D eigenvalue weighted by Gasteiger charge is 2.25. The van der Waals surface area contributed by atoms with Crippen LogP contribution >= 0.6 is 0 Å². The van der Waals surface area contributed by atoms with Crippen LogP contribution in [0.4, 0.5) is 4.39 Å². The van der Waals surface area contributed by atoms with Crippen LogP contribution < -0.4 is 0 Å². The van der Waals surface area contributed by atoms with Crippen molar-refractivity contribution in [2.75, 3.05) is 39.4 Å². The standard InChI is InChI=1S/C16H23FN2O/c17-15-3-1-14(2-4-15)13-18-7-9-19(10-8-18)16-5-11-20-12-6-16/h1-4,16H,5-13H2. The quantitative estimate of drug-likeness (QED) is 0.842. The fourth-order valence-corrected chi connectivity index (χ4v) is 3.18. The van der Waals surface area contributed by atoms with Gasteiger partial charge in [0, 0.05) is 52.0 Å². The van der Waals surface area contributed by atoms with Crippen LogP contribution in [0.1, 0.15) is 18.4 Å². The number of halogens is 1. The molecule has 2 aliphatic rings. The van der Waals surface area contributed by atoms with Gasteiger partial charge in [0.2, 0.25) is 0 Å².